The molecule has 0 unspecified atom stereocenters. The summed E-state index contributed by atoms with van der Waals surface area (Å²) in [5, 5.41) is 19.9. The zero-order chi connectivity index (χ0) is 33.2. The quantitative estimate of drug-likeness (QED) is 0.145. The Morgan fingerprint density at radius 3 is 1.62 bits per heavy atom. The lowest BCUT2D eigenvalue weighted by atomic mass is 10.1. The van der Waals surface area contributed by atoms with Gasteiger partial charge in [0.15, 0.2) is 0 Å². The molecule has 0 aliphatic rings. The summed E-state index contributed by atoms with van der Waals surface area (Å²) in [6.45, 7) is 0. The number of nitrogens with zero attached hydrogens (tertiary/aromatic N) is 2. The molecule has 3 heterocycles. The number of furan rings is 1. The lowest BCUT2D eigenvalue weighted by Crippen LogP contribution is -2.10. The first-order valence-electron chi connectivity index (χ1n) is 16.8. The number of para-hydroxylation sites is 5. The standard InChI is InChI=1S/C45H30N4O/c46-45(49-41-20-10-6-16-34(41)35-17-7-11-21-42(35)49)28-38(47-30-12-2-1-3-13-30)29-22-24-43-36(26-29)37-27-31(23-25-44(37)50-43)48-39-18-8-4-14-32(39)33-15-5-9-19-40(33)48/h1-28,46-47H/b38-28-,46-45?. The van der Waals surface area contributed by atoms with Crippen molar-refractivity contribution >= 4 is 82.8 Å². The molecule has 10 aromatic rings. The highest BCUT2D eigenvalue weighted by atomic mass is 16.3. The van der Waals surface area contributed by atoms with E-state index in [0.717, 1.165) is 66.4 Å². The summed E-state index contributed by atoms with van der Waals surface area (Å²) in [6.07, 6.45) is 1.93. The second-order valence-electron chi connectivity index (χ2n) is 12.7. The number of anilines is 1. The number of hydrogen-bond donors (Lipinski definition) is 2. The van der Waals surface area contributed by atoms with E-state index in [2.05, 4.69) is 125 Å². The average Bonchev–Trinajstić information content (AvgIpc) is 3.82. The molecule has 0 saturated heterocycles. The van der Waals surface area contributed by atoms with Gasteiger partial charge in [0, 0.05) is 55.5 Å². The normalized spacial score (nSPS) is 12.2. The lowest BCUT2D eigenvalue weighted by molar-refractivity contribution is 0.669. The number of aromatic nitrogens is 2. The van der Waals surface area contributed by atoms with Crippen molar-refractivity contribution in [2.24, 2.45) is 0 Å². The van der Waals surface area contributed by atoms with Gasteiger partial charge in [-0.25, -0.2) is 0 Å². The van der Waals surface area contributed by atoms with Gasteiger partial charge < -0.3 is 14.3 Å². The van der Waals surface area contributed by atoms with Crippen LogP contribution < -0.4 is 5.32 Å². The zero-order valence-electron chi connectivity index (χ0n) is 27.0. The van der Waals surface area contributed by atoms with Crippen molar-refractivity contribution in [1.82, 2.24) is 9.13 Å². The first kappa shape index (κ1) is 28.2. The summed E-state index contributed by atoms with van der Waals surface area (Å²) in [6, 6.07) is 56.6. The fourth-order valence-corrected chi connectivity index (χ4v) is 7.52. The smallest absolute Gasteiger partial charge is 0.135 e. The maximum atomic E-state index is 9.49. The van der Waals surface area contributed by atoms with Crippen LogP contribution >= 0.6 is 0 Å². The van der Waals surface area contributed by atoms with Gasteiger partial charge in [-0.3, -0.25) is 9.98 Å². The molecule has 0 saturated carbocycles. The first-order chi connectivity index (χ1) is 24.7. The van der Waals surface area contributed by atoms with E-state index in [9.17, 15) is 5.41 Å². The van der Waals surface area contributed by atoms with E-state index in [1.807, 2.05) is 59.2 Å². The Hall–Kier alpha value is -6.85. The van der Waals surface area contributed by atoms with Gasteiger partial charge >= 0.3 is 0 Å². The summed E-state index contributed by atoms with van der Waals surface area (Å²) >= 11 is 0. The molecule has 5 heteroatoms. The van der Waals surface area contributed by atoms with Crippen LogP contribution in [0.1, 0.15) is 5.56 Å². The highest BCUT2D eigenvalue weighted by Crippen LogP contribution is 2.37. The van der Waals surface area contributed by atoms with Crippen molar-refractivity contribution in [1.29, 1.82) is 5.41 Å². The van der Waals surface area contributed by atoms with E-state index in [1.54, 1.807) is 0 Å². The minimum atomic E-state index is 0.367. The number of nitrogens with one attached hydrogen (secondary N) is 2. The van der Waals surface area contributed by atoms with Gasteiger partial charge in [0.2, 0.25) is 0 Å². The van der Waals surface area contributed by atoms with Crippen LogP contribution in [0.5, 0.6) is 0 Å². The largest absolute Gasteiger partial charge is 0.456 e. The van der Waals surface area contributed by atoms with Crippen molar-refractivity contribution in [3.8, 4) is 5.69 Å². The molecule has 0 fully saturated rings. The van der Waals surface area contributed by atoms with Gasteiger partial charge in [-0.05, 0) is 78.4 Å². The SMILES string of the molecule is N=C(/C=C(\Nc1ccccc1)c1ccc2oc3ccc(-n4c5ccccc5c5ccccc54)cc3c2c1)n1c2ccccc2c2ccccc21. The minimum Gasteiger partial charge on any atom is -0.456 e. The topological polar surface area (TPSA) is 58.9 Å². The second kappa shape index (κ2) is 11.1. The summed E-state index contributed by atoms with van der Waals surface area (Å²) < 4.78 is 10.8. The molecule has 50 heavy (non-hydrogen) atoms. The average molecular weight is 643 g/mol. The third-order valence-corrected chi connectivity index (χ3v) is 9.76. The van der Waals surface area contributed by atoms with Gasteiger partial charge in [0.25, 0.3) is 0 Å². The molecule has 0 aliphatic heterocycles. The zero-order valence-corrected chi connectivity index (χ0v) is 27.0. The van der Waals surface area contributed by atoms with Crippen LogP contribution in [0.4, 0.5) is 5.69 Å². The van der Waals surface area contributed by atoms with E-state index in [1.165, 1.54) is 21.8 Å². The fraction of sp³-hybridized carbons (Fsp3) is 0. The Labute approximate surface area is 287 Å². The van der Waals surface area contributed by atoms with Gasteiger partial charge in [0.1, 0.15) is 17.0 Å². The summed E-state index contributed by atoms with van der Waals surface area (Å²) in [5.74, 6) is 0.367. The molecule has 2 N–H and O–H groups in total. The molecular weight excluding hydrogens is 613 g/mol. The number of hydrogen-bond acceptors (Lipinski definition) is 3. The van der Waals surface area contributed by atoms with Crippen LogP contribution in [0.25, 0.3) is 76.9 Å². The highest BCUT2D eigenvalue weighted by molar-refractivity contribution is 6.17. The predicted octanol–water partition coefficient (Wildman–Crippen LogP) is 11.8. The van der Waals surface area contributed by atoms with E-state index < -0.39 is 0 Å². The number of fused-ring (bicyclic) bond motifs is 9. The fourth-order valence-electron chi connectivity index (χ4n) is 7.52. The van der Waals surface area contributed by atoms with Crippen molar-refractivity contribution in [2.75, 3.05) is 5.32 Å². The number of allylic oxidation sites excluding steroid dienone is 1. The summed E-state index contributed by atoms with van der Waals surface area (Å²) in [7, 11) is 0. The molecular formula is C45H30N4O. The summed E-state index contributed by atoms with van der Waals surface area (Å²) in [4.78, 5) is 0. The Kier molecular flexibility index (Phi) is 6.26. The molecule has 0 spiro atoms. The Bertz CT molecular complexity index is 2870. The number of benzene rings is 7. The van der Waals surface area contributed by atoms with Crippen LogP contribution in [-0.2, 0) is 0 Å². The van der Waals surface area contributed by atoms with Gasteiger partial charge in [0.05, 0.1) is 22.1 Å². The van der Waals surface area contributed by atoms with E-state index >= 15 is 0 Å². The predicted molar refractivity (Wildman–Crippen MR) is 209 cm³/mol. The monoisotopic (exact) mass is 642 g/mol. The van der Waals surface area contributed by atoms with E-state index in [0.29, 0.717) is 5.84 Å². The Morgan fingerprint density at radius 1 is 0.500 bits per heavy atom. The lowest BCUT2D eigenvalue weighted by Gasteiger charge is -2.14. The van der Waals surface area contributed by atoms with Crippen LogP contribution in [0, 0.1) is 5.41 Å². The third kappa shape index (κ3) is 4.37. The molecule has 236 valence electrons. The van der Waals surface area contributed by atoms with Crippen molar-refractivity contribution in [2.45, 2.75) is 0 Å². The van der Waals surface area contributed by atoms with Gasteiger partial charge in [-0.2, -0.15) is 0 Å². The highest BCUT2D eigenvalue weighted by Gasteiger charge is 2.17. The molecule has 0 radical (unpaired) electrons. The molecule has 0 amide bonds. The van der Waals surface area contributed by atoms with E-state index in [-0.39, 0.29) is 0 Å². The maximum Gasteiger partial charge on any atom is 0.135 e. The molecule has 7 aromatic carbocycles. The van der Waals surface area contributed by atoms with Crippen molar-refractivity contribution in [3.05, 3.63) is 175 Å². The van der Waals surface area contributed by atoms with Crippen LogP contribution in [-0.4, -0.2) is 15.0 Å². The number of rotatable bonds is 5. The Balaban J connectivity index is 1.15. The second-order valence-corrected chi connectivity index (χ2v) is 12.7. The van der Waals surface area contributed by atoms with Gasteiger partial charge in [-0.1, -0.05) is 91.0 Å². The molecule has 0 atom stereocenters. The molecule has 0 aliphatic carbocycles. The molecule has 0 bridgehead atoms. The first-order valence-corrected chi connectivity index (χ1v) is 16.8. The van der Waals surface area contributed by atoms with Crippen LogP contribution in [0.3, 0.4) is 0 Å². The van der Waals surface area contributed by atoms with Crippen LogP contribution in [0.2, 0.25) is 0 Å². The molecule has 5 nitrogen and oxygen atoms in total. The van der Waals surface area contributed by atoms with Crippen molar-refractivity contribution < 1.29 is 4.42 Å². The van der Waals surface area contributed by atoms with Gasteiger partial charge in [-0.15, -0.1) is 0 Å². The molecule has 3 aromatic heterocycles. The maximum absolute atomic E-state index is 9.49. The van der Waals surface area contributed by atoms with E-state index in [4.69, 9.17) is 4.42 Å². The molecule has 10 rings (SSSR count). The summed E-state index contributed by atoms with van der Waals surface area (Å²) in [5.41, 5.74) is 9.79. The Morgan fingerprint density at radius 2 is 1.00 bits per heavy atom. The minimum absolute atomic E-state index is 0.367. The third-order valence-electron chi connectivity index (χ3n) is 9.76. The van der Waals surface area contributed by atoms with Crippen LogP contribution in [0.15, 0.2) is 174 Å². The van der Waals surface area contributed by atoms with Crippen molar-refractivity contribution in [3.63, 3.8) is 0 Å².